The molecule has 7 N–H and O–H groups in total. The number of nitrogen functional groups attached to an aromatic ring is 1. The number of hydrazone groups is 1. The van der Waals surface area contributed by atoms with Crippen molar-refractivity contribution in [3.05, 3.63) is 89.9 Å². The number of pyridine rings is 1. The summed E-state index contributed by atoms with van der Waals surface area (Å²) in [6.45, 7) is 8.65. The van der Waals surface area contributed by atoms with Gasteiger partial charge in [-0.25, -0.2) is 15.2 Å². The molecule has 2 rings (SSSR count). The molecule has 0 saturated carbocycles. The maximum absolute atomic E-state index is 13.5. The first kappa shape index (κ1) is 27.4. The van der Waals surface area contributed by atoms with Crippen LogP contribution in [0.4, 0.5) is 15.9 Å². The van der Waals surface area contributed by atoms with Gasteiger partial charge in [-0.05, 0) is 62.1 Å². The number of halogens is 1. The highest BCUT2D eigenvalue weighted by atomic mass is 32.2. The number of aromatic nitrogens is 1. The number of benzene rings is 1. The number of hydrogen-bond acceptors (Lipinski definition) is 7. The Morgan fingerprint density at radius 3 is 2.57 bits per heavy atom. The maximum atomic E-state index is 13.5. The topological polar surface area (TPSA) is 136 Å². The highest BCUT2D eigenvalue weighted by Crippen LogP contribution is 2.26. The first-order valence-electron chi connectivity index (χ1n) is 10.6. The molecule has 184 valence electrons. The predicted octanol–water partition coefficient (Wildman–Crippen LogP) is 4.66. The second-order valence-electron chi connectivity index (χ2n) is 7.35. The summed E-state index contributed by atoms with van der Waals surface area (Å²) in [5.41, 5.74) is 8.90. The Labute approximate surface area is 209 Å². The average Bonchev–Trinajstić information content (AvgIpc) is 2.84. The monoisotopic (exact) mass is 495 g/mol. The maximum Gasteiger partial charge on any atom is 0.237 e. The number of rotatable bonds is 9. The van der Waals surface area contributed by atoms with Crippen LogP contribution in [-0.4, -0.2) is 27.0 Å². The molecule has 10 heteroatoms. The van der Waals surface area contributed by atoms with E-state index in [4.69, 9.17) is 17.4 Å². The van der Waals surface area contributed by atoms with Crippen molar-refractivity contribution in [3.8, 4) is 11.1 Å². The van der Waals surface area contributed by atoms with Crippen LogP contribution in [0.2, 0.25) is 0 Å². The molecule has 8 nitrogen and oxygen atoms in total. The van der Waals surface area contributed by atoms with Crippen LogP contribution in [0.3, 0.4) is 0 Å². The third-order valence-electron chi connectivity index (χ3n) is 4.70. The van der Waals surface area contributed by atoms with Gasteiger partial charge in [0.15, 0.2) is 5.84 Å². The molecule has 0 aliphatic carbocycles. The lowest BCUT2D eigenvalue weighted by Gasteiger charge is -2.22. The number of amides is 1. The largest absolute Gasteiger partial charge is 0.383 e. The summed E-state index contributed by atoms with van der Waals surface area (Å²) >= 11 is 1.44. The number of nitrogens with zero attached hydrogens (tertiary/aromatic N) is 3. The van der Waals surface area contributed by atoms with E-state index in [0.717, 1.165) is 10.6 Å². The van der Waals surface area contributed by atoms with Gasteiger partial charge in [0.1, 0.15) is 5.82 Å². The molecule has 1 aromatic carbocycles. The summed E-state index contributed by atoms with van der Waals surface area (Å²) < 4.78 is 13.5. The lowest BCUT2D eigenvalue weighted by Crippen LogP contribution is -2.38. The Morgan fingerprint density at radius 2 is 2.00 bits per heavy atom. The number of thioether (sulfide) groups is 1. The SMILES string of the molecule is C=C/C=C(\C=C(/C)F)N(N)/C(=N\N)c1cc(-c2ccc(NC(=O)C(C)S/C=C\C)cc2)cnc1N. The number of carbonyl (C=O) groups is 1. The molecule has 1 unspecified atom stereocenters. The second kappa shape index (κ2) is 13.1. The number of nitrogens with one attached hydrogen (secondary N) is 1. The molecule has 0 spiro atoms. The van der Waals surface area contributed by atoms with Gasteiger partial charge >= 0.3 is 0 Å². The van der Waals surface area contributed by atoms with Crippen molar-refractivity contribution in [3.63, 3.8) is 0 Å². The summed E-state index contributed by atoms with van der Waals surface area (Å²) in [7, 11) is 0. The standard InChI is InChI=1S/C25H30FN7OS/c1-5-7-21(13-16(3)26)33(29)24(32-28)22-14-19(15-30-23(22)27)18-8-10-20(11-9-18)31-25(34)17(4)35-12-6-2/h5-15,17H,1,28-29H2,2-4H3,(H2,27,30)(H,31,34)/b12-6-,16-13+,21-7+,32-24-. The van der Waals surface area contributed by atoms with Crippen molar-refractivity contribution < 1.29 is 9.18 Å². The summed E-state index contributed by atoms with van der Waals surface area (Å²) in [6.07, 6.45) is 7.67. The highest BCUT2D eigenvalue weighted by Gasteiger charge is 2.18. The molecule has 35 heavy (non-hydrogen) atoms. The molecular formula is C25H30FN7OS. The van der Waals surface area contributed by atoms with Crippen LogP contribution in [0.1, 0.15) is 26.3 Å². The van der Waals surface area contributed by atoms with Crippen LogP contribution in [0.5, 0.6) is 0 Å². The molecular weight excluding hydrogens is 465 g/mol. The van der Waals surface area contributed by atoms with E-state index in [9.17, 15) is 9.18 Å². The van der Waals surface area contributed by atoms with Crippen LogP contribution in [-0.2, 0) is 4.79 Å². The number of nitrogens with two attached hydrogens (primary N) is 3. The van der Waals surface area contributed by atoms with Gasteiger partial charge in [0, 0.05) is 17.4 Å². The number of amidine groups is 1. The molecule has 0 fully saturated rings. The Bertz CT molecular complexity index is 1170. The number of allylic oxidation sites excluding steroid dienone is 5. The van der Waals surface area contributed by atoms with Gasteiger partial charge in [-0.3, -0.25) is 9.80 Å². The lowest BCUT2D eigenvalue weighted by molar-refractivity contribution is -0.115. The third kappa shape index (κ3) is 7.56. The van der Waals surface area contributed by atoms with E-state index in [-0.39, 0.29) is 28.5 Å². The zero-order valence-corrected chi connectivity index (χ0v) is 20.7. The van der Waals surface area contributed by atoms with E-state index < -0.39 is 5.83 Å². The number of anilines is 2. The van der Waals surface area contributed by atoms with Gasteiger partial charge < -0.3 is 16.9 Å². The molecule has 0 saturated heterocycles. The van der Waals surface area contributed by atoms with Crippen molar-refractivity contribution in [2.75, 3.05) is 11.1 Å². The zero-order chi connectivity index (χ0) is 26.0. The van der Waals surface area contributed by atoms with E-state index in [0.29, 0.717) is 16.8 Å². The van der Waals surface area contributed by atoms with E-state index in [2.05, 4.69) is 22.0 Å². The molecule has 1 aromatic heterocycles. The van der Waals surface area contributed by atoms with Gasteiger partial charge in [0.2, 0.25) is 5.91 Å². The number of carbonyl (C=O) groups excluding carboxylic acids is 1. The molecule has 1 heterocycles. The third-order valence-corrected chi connectivity index (χ3v) is 5.75. The minimum atomic E-state index is -0.466. The Balaban J connectivity index is 2.33. The molecule has 1 atom stereocenters. The molecule has 0 bridgehead atoms. The first-order valence-corrected chi connectivity index (χ1v) is 11.6. The first-order chi connectivity index (χ1) is 16.7. The van der Waals surface area contributed by atoms with Crippen LogP contribution < -0.4 is 22.7 Å². The van der Waals surface area contributed by atoms with Crippen molar-refractivity contribution in [2.45, 2.75) is 26.0 Å². The molecule has 0 aliphatic rings. The normalized spacial score (nSPS) is 13.6. The van der Waals surface area contributed by atoms with Gasteiger partial charge in [-0.15, -0.1) is 11.8 Å². The van der Waals surface area contributed by atoms with E-state index in [1.54, 1.807) is 24.4 Å². The van der Waals surface area contributed by atoms with Gasteiger partial charge in [0.25, 0.3) is 0 Å². The zero-order valence-electron chi connectivity index (χ0n) is 19.9. The molecule has 0 radical (unpaired) electrons. The minimum absolute atomic E-state index is 0.0824. The fourth-order valence-electron chi connectivity index (χ4n) is 2.97. The second-order valence-corrected chi connectivity index (χ2v) is 8.60. The number of hydrazine groups is 1. The lowest BCUT2D eigenvalue weighted by atomic mass is 10.0. The Morgan fingerprint density at radius 1 is 1.31 bits per heavy atom. The smallest absolute Gasteiger partial charge is 0.237 e. The van der Waals surface area contributed by atoms with Crippen molar-refractivity contribution in [1.82, 2.24) is 9.99 Å². The van der Waals surface area contributed by atoms with Crippen molar-refractivity contribution in [2.24, 2.45) is 16.8 Å². The summed E-state index contributed by atoms with van der Waals surface area (Å²) in [6, 6.07) is 9.00. The minimum Gasteiger partial charge on any atom is -0.383 e. The van der Waals surface area contributed by atoms with Gasteiger partial charge in [-0.1, -0.05) is 30.9 Å². The van der Waals surface area contributed by atoms with Gasteiger partial charge in [-0.2, -0.15) is 5.10 Å². The summed E-state index contributed by atoms with van der Waals surface area (Å²) in [5, 5.41) is 9.42. The van der Waals surface area contributed by atoms with Crippen LogP contribution in [0, 0.1) is 0 Å². The van der Waals surface area contributed by atoms with Crippen LogP contribution >= 0.6 is 11.8 Å². The summed E-state index contributed by atoms with van der Waals surface area (Å²) in [4.78, 5) is 16.6. The van der Waals surface area contributed by atoms with Crippen molar-refractivity contribution in [1.29, 1.82) is 0 Å². The van der Waals surface area contributed by atoms with Crippen LogP contribution in [0.15, 0.2) is 89.4 Å². The summed E-state index contributed by atoms with van der Waals surface area (Å²) in [5.74, 6) is 11.5. The average molecular weight is 496 g/mol. The van der Waals surface area contributed by atoms with Crippen molar-refractivity contribution >= 4 is 35.0 Å². The Kier molecular flexibility index (Phi) is 10.2. The predicted molar refractivity (Wildman–Crippen MR) is 144 cm³/mol. The van der Waals surface area contributed by atoms with E-state index >= 15 is 0 Å². The van der Waals surface area contributed by atoms with E-state index in [1.165, 1.54) is 36.9 Å². The van der Waals surface area contributed by atoms with Gasteiger partial charge in [0.05, 0.1) is 22.3 Å². The van der Waals surface area contributed by atoms with Crippen LogP contribution in [0.25, 0.3) is 11.1 Å². The number of hydrogen-bond donors (Lipinski definition) is 4. The molecule has 0 aliphatic heterocycles. The fraction of sp³-hybridized carbons (Fsp3) is 0.160. The Hall–Kier alpha value is -3.89. The molecule has 1 amide bonds. The highest BCUT2D eigenvalue weighted by molar-refractivity contribution is 8.03. The quantitative estimate of drug-likeness (QED) is 0.131. The van der Waals surface area contributed by atoms with E-state index in [1.807, 2.05) is 37.5 Å². The molecule has 2 aromatic rings. The fourth-order valence-corrected chi connectivity index (χ4v) is 3.54.